The predicted octanol–water partition coefficient (Wildman–Crippen LogP) is 1.07. The van der Waals surface area contributed by atoms with E-state index in [2.05, 4.69) is 12.1 Å². The summed E-state index contributed by atoms with van der Waals surface area (Å²) in [6.45, 7) is 3.44. The predicted molar refractivity (Wildman–Crippen MR) is 63.6 cm³/mol. The molecule has 1 aromatic rings. The van der Waals surface area contributed by atoms with Crippen molar-refractivity contribution in [1.29, 1.82) is 0 Å². The average molecular weight is 235 g/mol. The SMILES string of the molecule is NCCC1(c2ccc3c(c2)OCCO3)COC1. The number of ether oxygens (including phenoxy) is 3. The Morgan fingerprint density at radius 3 is 2.53 bits per heavy atom. The summed E-state index contributed by atoms with van der Waals surface area (Å²) < 4.78 is 16.5. The molecule has 1 aromatic carbocycles. The first kappa shape index (κ1) is 10.9. The molecule has 0 aliphatic carbocycles. The van der Waals surface area contributed by atoms with Crippen molar-refractivity contribution < 1.29 is 14.2 Å². The van der Waals surface area contributed by atoms with Gasteiger partial charge in [0.15, 0.2) is 11.5 Å². The molecule has 0 saturated carbocycles. The molecule has 0 aromatic heterocycles. The fourth-order valence-corrected chi connectivity index (χ4v) is 2.45. The van der Waals surface area contributed by atoms with Gasteiger partial charge in [-0.1, -0.05) is 6.07 Å². The Bertz CT molecular complexity index is 415. The van der Waals surface area contributed by atoms with Crippen LogP contribution in [0.3, 0.4) is 0 Å². The van der Waals surface area contributed by atoms with Crippen molar-refractivity contribution in [2.45, 2.75) is 11.8 Å². The number of hydrogen-bond donors (Lipinski definition) is 1. The summed E-state index contributed by atoms with van der Waals surface area (Å²) in [5.41, 5.74) is 7.02. The van der Waals surface area contributed by atoms with E-state index in [0.717, 1.165) is 31.1 Å². The standard InChI is InChI=1S/C13H17NO3/c14-4-3-13(8-15-9-13)10-1-2-11-12(7-10)17-6-5-16-11/h1-2,7H,3-6,8-9,14H2. The minimum absolute atomic E-state index is 0.0879. The molecule has 2 aliphatic heterocycles. The van der Waals surface area contributed by atoms with Crippen LogP contribution in [0.15, 0.2) is 18.2 Å². The molecule has 2 heterocycles. The fraction of sp³-hybridized carbons (Fsp3) is 0.538. The molecule has 92 valence electrons. The molecule has 0 amide bonds. The third-order valence-corrected chi connectivity index (χ3v) is 3.53. The van der Waals surface area contributed by atoms with Gasteiger partial charge < -0.3 is 19.9 Å². The summed E-state index contributed by atoms with van der Waals surface area (Å²) in [5, 5.41) is 0. The molecule has 0 spiro atoms. The maximum atomic E-state index is 5.69. The number of benzene rings is 1. The second-order valence-corrected chi connectivity index (χ2v) is 4.67. The molecule has 1 fully saturated rings. The molecule has 2 N–H and O–H groups in total. The highest BCUT2D eigenvalue weighted by molar-refractivity contribution is 5.46. The lowest BCUT2D eigenvalue weighted by Gasteiger charge is -2.42. The first-order valence-corrected chi connectivity index (χ1v) is 6.02. The molecule has 4 nitrogen and oxygen atoms in total. The summed E-state index contributed by atoms with van der Waals surface area (Å²) in [4.78, 5) is 0. The van der Waals surface area contributed by atoms with Gasteiger partial charge in [-0.15, -0.1) is 0 Å². The summed E-state index contributed by atoms with van der Waals surface area (Å²) in [6.07, 6.45) is 0.951. The molecule has 3 rings (SSSR count). The van der Waals surface area contributed by atoms with E-state index in [9.17, 15) is 0 Å². The van der Waals surface area contributed by atoms with E-state index in [1.165, 1.54) is 5.56 Å². The van der Waals surface area contributed by atoms with Gasteiger partial charge >= 0.3 is 0 Å². The number of nitrogens with two attached hydrogens (primary N) is 1. The number of hydrogen-bond acceptors (Lipinski definition) is 4. The van der Waals surface area contributed by atoms with Crippen LogP contribution in [0.5, 0.6) is 11.5 Å². The van der Waals surface area contributed by atoms with Crippen LogP contribution in [0.1, 0.15) is 12.0 Å². The van der Waals surface area contributed by atoms with Gasteiger partial charge in [-0.2, -0.15) is 0 Å². The van der Waals surface area contributed by atoms with Gasteiger partial charge in [-0.3, -0.25) is 0 Å². The lowest BCUT2D eigenvalue weighted by Crippen LogP contribution is -2.48. The van der Waals surface area contributed by atoms with E-state index < -0.39 is 0 Å². The highest BCUT2D eigenvalue weighted by atomic mass is 16.6. The first-order valence-electron chi connectivity index (χ1n) is 6.02. The van der Waals surface area contributed by atoms with Crippen LogP contribution in [0.25, 0.3) is 0 Å². The van der Waals surface area contributed by atoms with Crippen molar-refractivity contribution in [1.82, 2.24) is 0 Å². The molecule has 1 saturated heterocycles. The summed E-state index contributed by atoms with van der Waals surface area (Å²) in [7, 11) is 0. The Labute approximate surface area is 101 Å². The molecule has 0 atom stereocenters. The Kier molecular flexibility index (Phi) is 2.68. The third kappa shape index (κ3) is 1.77. The molecule has 0 unspecified atom stereocenters. The van der Waals surface area contributed by atoms with Crippen molar-refractivity contribution in [2.75, 3.05) is 33.0 Å². The zero-order chi connectivity index (χ0) is 11.7. The minimum Gasteiger partial charge on any atom is -0.486 e. The number of fused-ring (bicyclic) bond motifs is 1. The zero-order valence-corrected chi connectivity index (χ0v) is 9.78. The van der Waals surface area contributed by atoms with Gasteiger partial charge in [0.2, 0.25) is 0 Å². The van der Waals surface area contributed by atoms with Gasteiger partial charge in [0, 0.05) is 5.41 Å². The second kappa shape index (κ2) is 4.20. The third-order valence-electron chi connectivity index (χ3n) is 3.53. The lowest BCUT2D eigenvalue weighted by atomic mass is 9.76. The Hall–Kier alpha value is -1.26. The maximum absolute atomic E-state index is 5.69. The quantitative estimate of drug-likeness (QED) is 0.851. The molecule has 4 heteroatoms. The molecule has 2 aliphatic rings. The highest BCUT2D eigenvalue weighted by Crippen LogP contribution is 2.40. The van der Waals surface area contributed by atoms with Crippen LogP contribution in [0, 0.1) is 0 Å². The van der Waals surface area contributed by atoms with E-state index in [1.54, 1.807) is 0 Å². The van der Waals surface area contributed by atoms with Crippen molar-refractivity contribution in [3.8, 4) is 11.5 Å². The lowest BCUT2D eigenvalue weighted by molar-refractivity contribution is -0.0632. The van der Waals surface area contributed by atoms with Gasteiger partial charge in [0.1, 0.15) is 13.2 Å². The normalized spacial score (nSPS) is 20.8. The van der Waals surface area contributed by atoms with Gasteiger partial charge in [0.05, 0.1) is 13.2 Å². The molecular formula is C13H17NO3. The van der Waals surface area contributed by atoms with Crippen LogP contribution < -0.4 is 15.2 Å². The molecule has 0 radical (unpaired) electrons. The van der Waals surface area contributed by atoms with Crippen molar-refractivity contribution in [3.63, 3.8) is 0 Å². The summed E-state index contributed by atoms with van der Waals surface area (Å²) in [5.74, 6) is 1.68. The van der Waals surface area contributed by atoms with E-state index in [0.29, 0.717) is 19.8 Å². The topological polar surface area (TPSA) is 53.7 Å². The van der Waals surface area contributed by atoms with Gasteiger partial charge in [0.25, 0.3) is 0 Å². The monoisotopic (exact) mass is 235 g/mol. The van der Waals surface area contributed by atoms with Crippen LogP contribution in [0.2, 0.25) is 0 Å². The van der Waals surface area contributed by atoms with Crippen LogP contribution >= 0.6 is 0 Å². The number of rotatable bonds is 3. The fourth-order valence-electron chi connectivity index (χ4n) is 2.45. The summed E-state index contributed by atoms with van der Waals surface area (Å²) in [6, 6.07) is 6.17. The Morgan fingerprint density at radius 2 is 1.88 bits per heavy atom. The van der Waals surface area contributed by atoms with Crippen molar-refractivity contribution in [2.24, 2.45) is 5.73 Å². The van der Waals surface area contributed by atoms with E-state index in [4.69, 9.17) is 19.9 Å². The zero-order valence-electron chi connectivity index (χ0n) is 9.78. The highest BCUT2D eigenvalue weighted by Gasteiger charge is 2.40. The smallest absolute Gasteiger partial charge is 0.161 e. The summed E-state index contributed by atoms with van der Waals surface area (Å²) >= 11 is 0. The van der Waals surface area contributed by atoms with Crippen LogP contribution in [-0.2, 0) is 10.2 Å². The van der Waals surface area contributed by atoms with Crippen molar-refractivity contribution in [3.05, 3.63) is 23.8 Å². The van der Waals surface area contributed by atoms with Crippen LogP contribution in [-0.4, -0.2) is 33.0 Å². The van der Waals surface area contributed by atoms with E-state index in [1.807, 2.05) is 6.07 Å². The molecule has 0 bridgehead atoms. The Balaban J connectivity index is 1.92. The largest absolute Gasteiger partial charge is 0.486 e. The van der Waals surface area contributed by atoms with Crippen molar-refractivity contribution >= 4 is 0 Å². The second-order valence-electron chi connectivity index (χ2n) is 4.67. The van der Waals surface area contributed by atoms with Crippen LogP contribution in [0.4, 0.5) is 0 Å². The first-order chi connectivity index (χ1) is 8.34. The maximum Gasteiger partial charge on any atom is 0.161 e. The van der Waals surface area contributed by atoms with E-state index >= 15 is 0 Å². The van der Waals surface area contributed by atoms with Gasteiger partial charge in [-0.25, -0.2) is 0 Å². The average Bonchev–Trinajstić information content (AvgIpc) is 2.33. The van der Waals surface area contributed by atoms with E-state index in [-0.39, 0.29) is 5.41 Å². The van der Waals surface area contributed by atoms with Gasteiger partial charge in [-0.05, 0) is 30.7 Å². The molecular weight excluding hydrogens is 218 g/mol. The molecule has 17 heavy (non-hydrogen) atoms. The minimum atomic E-state index is 0.0879. The Morgan fingerprint density at radius 1 is 1.12 bits per heavy atom.